The first-order chi connectivity index (χ1) is 8.83. The van der Waals surface area contributed by atoms with Gasteiger partial charge < -0.3 is 5.32 Å². The van der Waals surface area contributed by atoms with Gasteiger partial charge in [-0.15, -0.1) is 11.3 Å². The summed E-state index contributed by atoms with van der Waals surface area (Å²) in [6, 6.07) is 2.54. The normalized spacial score (nSPS) is 20.4. The second-order valence-corrected chi connectivity index (χ2v) is 6.71. The zero-order valence-electron chi connectivity index (χ0n) is 10.8. The van der Waals surface area contributed by atoms with E-state index in [1.165, 1.54) is 55.4 Å². The smallest absolute Gasteiger partial charge is 0.261 e. The van der Waals surface area contributed by atoms with Crippen molar-refractivity contribution in [1.82, 2.24) is 5.32 Å². The van der Waals surface area contributed by atoms with Crippen molar-refractivity contribution in [3.05, 3.63) is 21.4 Å². The van der Waals surface area contributed by atoms with E-state index in [2.05, 4.69) is 11.4 Å². The van der Waals surface area contributed by atoms with Gasteiger partial charge in [0.2, 0.25) is 0 Å². The molecular formula is C15H21NOS. The molecule has 18 heavy (non-hydrogen) atoms. The van der Waals surface area contributed by atoms with Gasteiger partial charge in [0.25, 0.3) is 5.91 Å². The van der Waals surface area contributed by atoms with E-state index >= 15 is 0 Å². The van der Waals surface area contributed by atoms with Gasteiger partial charge in [0.05, 0.1) is 4.88 Å². The lowest BCUT2D eigenvalue weighted by atomic mass is 10.1. The topological polar surface area (TPSA) is 29.1 Å². The van der Waals surface area contributed by atoms with Crippen LogP contribution in [0.3, 0.4) is 0 Å². The van der Waals surface area contributed by atoms with Crippen LogP contribution in [0.25, 0.3) is 0 Å². The molecule has 1 amide bonds. The third-order valence-corrected chi connectivity index (χ3v) is 5.40. The van der Waals surface area contributed by atoms with E-state index in [9.17, 15) is 4.79 Å². The van der Waals surface area contributed by atoms with Gasteiger partial charge in [-0.25, -0.2) is 0 Å². The van der Waals surface area contributed by atoms with Crippen LogP contribution in [0.2, 0.25) is 0 Å². The van der Waals surface area contributed by atoms with Crippen LogP contribution in [-0.2, 0) is 12.8 Å². The fraction of sp³-hybridized carbons (Fsp3) is 0.667. The number of rotatable bonds is 2. The average Bonchev–Trinajstić information content (AvgIpc) is 2.85. The summed E-state index contributed by atoms with van der Waals surface area (Å²) in [6.07, 6.45) is 11.1. The zero-order chi connectivity index (χ0) is 12.4. The van der Waals surface area contributed by atoms with E-state index in [1.54, 1.807) is 11.3 Å². The second-order valence-electron chi connectivity index (χ2n) is 5.57. The molecule has 1 fully saturated rings. The Bertz CT molecular complexity index is 408. The first kappa shape index (κ1) is 12.2. The minimum Gasteiger partial charge on any atom is -0.349 e. The monoisotopic (exact) mass is 263 g/mol. The molecule has 2 aliphatic carbocycles. The lowest BCUT2D eigenvalue weighted by Gasteiger charge is -2.15. The summed E-state index contributed by atoms with van der Waals surface area (Å²) < 4.78 is 0. The highest BCUT2D eigenvalue weighted by molar-refractivity contribution is 7.14. The fourth-order valence-corrected chi connectivity index (χ4v) is 4.28. The van der Waals surface area contributed by atoms with Crippen LogP contribution in [0.1, 0.15) is 65.1 Å². The number of thiophene rings is 1. The molecule has 1 heterocycles. The van der Waals surface area contributed by atoms with Crippen molar-refractivity contribution in [3.8, 4) is 0 Å². The molecule has 0 aromatic carbocycles. The van der Waals surface area contributed by atoms with Crippen molar-refractivity contribution in [2.45, 2.75) is 63.8 Å². The van der Waals surface area contributed by atoms with Crippen LogP contribution in [0.5, 0.6) is 0 Å². The summed E-state index contributed by atoms with van der Waals surface area (Å²) in [5.41, 5.74) is 1.42. The van der Waals surface area contributed by atoms with Crippen LogP contribution in [0, 0.1) is 0 Å². The number of hydrogen-bond acceptors (Lipinski definition) is 2. The highest BCUT2D eigenvalue weighted by Crippen LogP contribution is 2.30. The fourth-order valence-electron chi connectivity index (χ4n) is 3.12. The predicted octanol–water partition coefficient (Wildman–Crippen LogP) is 3.69. The molecule has 0 unspecified atom stereocenters. The van der Waals surface area contributed by atoms with Gasteiger partial charge in [-0.3, -0.25) is 4.79 Å². The van der Waals surface area contributed by atoms with Crippen LogP contribution < -0.4 is 5.32 Å². The Morgan fingerprint density at radius 2 is 1.89 bits per heavy atom. The molecule has 0 saturated heterocycles. The van der Waals surface area contributed by atoms with Crippen molar-refractivity contribution in [2.24, 2.45) is 0 Å². The van der Waals surface area contributed by atoms with Crippen molar-refractivity contribution in [1.29, 1.82) is 0 Å². The van der Waals surface area contributed by atoms with Crippen LogP contribution in [0.4, 0.5) is 0 Å². The molecular weight excluding hydrogens is 242 g/mol. The Balaban J connectivity index is 1.63. The highest BCUT2D eigenvalue weighted by Gasteiger charge is 2.20. The van der Waals surface area contributed by atoms with Gasteiger partial charge in [0, 0.05) is 10.9 Å². The molecule has 3 heteroatoms. The maximum absolute atomic E-state index is 12.2. The molecule has 0 atom stereocenters. The van der Waals surface area contributed by atoms with Gasteiger partial charge >= 0.3 is 0 Å². The Morgan fingerprint density at radius 3 is 2.61 bits per heavy atom. The summed E-state index contributed by atoms with van der Waals surface area (Å²) in [5, 5.41) is 3.24. The summed E-state index contributed by atoms with van der Waals surface area (Å²) in [6.45, 7) is 0. The molecule has 3 rings (SSSR count). The van der Waals surface area contributed by atoms with E-state index < -0.39 is 0 Å². The molecule has 2 nitrogen and oxygen atoms in total. The lowest BCUT2D eigenvalue weighted by molar-refractivity contribution is 0.0937. The maximum atomic E-state index is 12.2. The van der Waals surface area contributed by atoms with E-state index in [4.69, 9.17) is 0 Å². The van der Waals surface area contributed by atoms with Crippen molar-refractivity contribution >= 4 is 17.2 Å². The average molecular weight is 263 g/mol. The summed E-state index contributed by atoms with van der Waals surface area (Å²) >= 11 is 1.71. The van der Waals surface area contributed by atoms with Crippen molar-refractivity contribution in [3.63, 3.8) is 0 Å². The summed E-state index contributed by atoms with van der Waals surface area (Å²) in [5.74, 6) is 0.168. The Labute approximate surface area is 113 Å². The van der Waals surface area contributed by atoms with E-state index in [0.29, 0.717) is 6.04 Å². The van der Waals surface area contributed by atoms with Crippen LogP contribution in [0.15, 0.2) is 6.07 Å². The number of amides is 1. The molecule has 0 radical (unpaired) electrons. The first-order valence-corrected chi connectivity index (χ1v) is 8.07. The van der Waals surface area contributed by atoms with Gasteiger partial charge in [-0.1, -0.05) is 25.7 Å². The standard InChI is InChI=1S/C15H21NOS/c17-15(16-12-7-3-1-2-4-8-12)14-10-11-6-5-9-13(11)18-14/h10,12H,1-9H2,(H,16,17). The number of nitrogens with one attached hydrogen (secondary N) is 1. The SMILES string of the molecule is O=C(NC1CCCCCC1)c1cc2c(s1)CCC2. The molecule has 1 saturated carbocycles. The predicted molar refractivity (Wildman–Crippen MR) is 75.3 cm³/mol. The molecule has 0 spiro atoms. The van der Waals surface area contributed by atoms with Crippen molar-refractivity contribution < 1.29 is 4.79 Å². The van der Waals surface area contributed by atoms with E-state index in [1.807, 2.05) is 0 Å². The molecule has 0 bridgehead atoms. The minimum absolute atomic E-state index is 0.168. The lowest BCUT2D eigenvalue weighted by Crippen LogP contribution is -2.33. The summed E-state index contributed by atoms with van der Waals surface area (Å²) in [7, 11) is 0. The molecule has 1 aromatic rings. The van der Waals surface area contributed by atoms with E-state index in [-0.39, 0.29) is 5.91 Å². The third-order valence-electron chi connectivity index (χ3n) is 4.16. The highest BCUT2D eigenvalue weighted by atomic mass is 32.1. The molecule has 1 N–H and O–H groups in total. The molecule has 1 aromatic heterocycles. The van der Waals surface area contributed by atoms with Gasteiger partial charge in [-0.2, -0.15) is 0 Å². The van der Waals surface area contributed by atoms with Gasteiger partial charge in [0.1, 0.15) is 0 Å². The third kappa shape index (κ3) is 2.61. The second kappa shape index (κ2) is 5.43. The van der Waals surface area contributed by atoms with E-state index in [0.717, 1.165) is 17.7 Å². The minimum atomic E-state index is 0.168. The van der Waals surface area contributed by atoms with Crippen molar-refractivity contribution in [2.75, 3.05) is 0 Å². The van der Waals surface area contributed by atoms with Gasteiger partial charge in [-0.05, 0) is 43.7 Å². The zero-order valence-corrected chi connectivity index (χ0v) is 11.7. The Morgan fingerprint density at radius 1 is 1.11 bits per heavy atom. The summed E-state index contributed by atoms with van der Waals surface area (Å²) in [4.78, 5) is 14.6. The number of aryl methyl sites for hydroxylation is 2. The molecule has 0 aliphatic heterocycles. The largest absolute Gasteiger partial charge is 0.349 e. The first-order valence-electron chi connectivity index (χ1n) is 7.25. The Kier molecular flexibility index (Phi) is 3.69. The quantitative estimate of drug-likeness (QED) is 0.810. The number of fused-ring (bicyclic) bond motifs is 1. The maximum Gasteiger partial charge on any atom is 0.261 e. The molecule has 2 aliphatic rings. The van der Waals surface area contributed by atoms with Crippen LogP contribution in [-0.4, -0.2) is 11.9 Å². The number of carbonyl (C=O) groups excluding carboxylic acids is 1. The number of carbonyl (C=O) groups is 1. The Hall–Kier alpha value is -0.830. The molecule has 98 valence electrons. The number of hydrogen-bond donors (Lipinski definition) is 1. The van der Waals surface area contributed by atoms with Gasteiger partial charge in [0.15, 0.2) is 0 Å². The van der Waals surface area contributed by atoms with Crippen LogP contribution >= 0.6 is 11.3 Å².